The average Bonchev–Trinajstić information content (AvgIpc) is 3.68. The third-order valence-corrected chi connectivity index (χ3v) is 8.44. The Balaban J connectivity index is 1.27. The van der Waals surface area contributed by atoms with Gasteiger partial charge in [0.1, 0.15) is 18.1 Å². The molecule has 10 nitrogen and oxygen atoms in total. The Kier molecular flexibility index (Phi) is 9.91. The normalized spacial score (nSPS) is 16.1. The number of para-hydroxylation sites is 1. The number of unbranched alkanes of at least 4 members (excludes halogenated alkanes) is 1. The number of benzene rings is 3. The highest BCUT2D eigenvalue weighted by Crippen LogP contribution is 2.24. The van der Waals surface area contributed by atoms with Gasteiger partial charge in [0.25, 0.3) is 0 Å². The summed E-state index contributed by atoms with van der Waals surface area (Å²) < 4.78 is 0. The maximum atomic E-state index is 13.6. The Bertz CT molecular complexity index is 1640. The van der Waals surface area contributed by atoms with Crippen LogP contribution in [0.1, 0.15) is 43.2 Å². The highest BCUT2D eigenvalue weighted by atomic mass is 16.2. The standard InChI is InChI=1S/C34H40N6O4/c35-17-6-5-15-28(33(43)39-29(32(36)42)19-24-21-37-27-14-4-3-13-26(24)27)38-34(44)30-16-8-18-40(30)31(41)20-23-11-7-10-22-9-1-2-12-25(22)23/h1-4,7,9-14,21,28-30,37H,5-6,8,15-20,35H2,(H2,36,42)(H,38,44)(H,39,43). The molecule has 1 fully saturated rings. The molecule has 10 heteroatoms. The van der Waals surface area contributed by atoms with Crippen LogP contribution in [0, 0.1) is 0 Å². The van der Waals surface area contributed by atoms with Crippen LogP contribution in [0.4, 0.5) is 0 Å². The third-order valence-electron chi connectivity index (χ3n) is 8.44. The lowest BCUT2D eigenvalue weighted by atomic mass is 10.0. The van der Waals surface area contributed by atoms with Gasteiger partial charge in [0.05, 0.1) is 6.42 Å². The summed E-state index contributed by atoms with van der Waals surface area (Å²) in [7, 11) is 0. The second kappa shape index (κ2) is 14.2. The minimum Gasteiger partial charge on any atom is -0.368 e. The van der Waals surface area contributed by atoms with E-state index in [-0.39, 0.29) is 24.7 Å². The van der Waals surface area contributed by atoms with Gasteiger partial charge in [-0.2, -0.15) is 0 Å². The number of aromatic nitrogens is 1. The lowest BCUT2D eigenvalue weighted by molar-refractivity contribution is -0.139. The van der Waals surface area contributed by atoms with Crippen LogP contribution in [0.5, 0.6) is 0 Å². The van der Waals surface area contributed by atoms with E-state index in [1.165, 1.54) is 0 Å². The topological polar surface area (TPSA) is 163 Å². The summed E-state index contributed by atoms with van der Waals surface area (Å²) in [6.45, 7) is 0.923. The lowest BCUT2D eigenvalue weighted by Crippen LogP contribution is -2.56. The number of carbonyl (C=O) groups is 4. The Hall–Kier alpha value is -4.70. The predicted octanol–water partition coefficient (Wildman–Crippen LogP) is 2.68. The predicted molar refractivity (Wildman–Crippen MR) is 170 cm³/mol. The van der Waals surface area contributed by atoms with E-state index < -0.39 is 29.9 Å². The largest absolute Gasteiger partial charge is 0.368 e. The summed E-state index contributed by atoms with van der Waals surface area (Å²) in [6, 6.07) is 18.9. The molecular formula is C34H40N6O4. The van der Waals surface area contributed by atoms with Crippen LogP contribution < -0.4 is 22.1 Å². The Morgan fingerprint density at radius 3 is 2.43 bits per heavy atom. The minimum absolute atomic E-state index is 0.129. The van der Waals surface area contributed by atoms with Gasteiger partial charge in [0.15, 0.2) is 0 Å². The SMILES string of the molecule is NCCCCC(NC(=O)C1CCCN1C(=O)Cc1cccc2ccccc12)C(=O)NC(Cc1c[nH]c2ccccc12)C(N)=O. The number of hydrogen-bond donors (Lipinski definition) is 5. The van der Waals surface area contributed by atoms with Crippen LogP contribution >= 0.6 is 0 Å². The molecule has 2 heterocycles. The van der Waals surface area contributed by atoms with Gasteiger partial charge in [-0.15, -0.1) is 0 Å². The maximum absolute atomic E-state index is 13.6. The zero-order valence-corrected chi connectivity index (χ0v) is 24.8. The van der Waals surface area contributed by atoms with E-state index in [0.29, 0.717) is 45.2 Å². The van der Waals surface area contributed by atoms with E-state index in [2.05, 4.69) is 15.6 Å². The summed E-state index contributed by atoms with van der Waals surface area (Å²) in [5.74, 6) is -1.67. The van der Waals surface area contributed by atoms with Crippen molar-refractivity contribution in [3.05, 3.63) is 84.1 Å². The molecule has 1 aliphatic heterocycles. The van der Waals surface area contributed by atoms with E-state index in [0.717, 1.165) is 32.8 Å². The number of fused-ring (bicyclic) bond motifs is 2. The van der Waals surface area contributed by atoms with Crippen molar-refractivity contribution in [2.24, 2.45) is 11.5 Å². The van der Waals surface area contributed by atoms with Crippen molar-refractivity contribution in [3.63, 3.8) is 0 Å². The number of hydrogen-bond acceptors (Lipinski definition) is 5. The van der Waals surface area contributed by atoms with Crippen molar-refractivity contribution < 1.29 is 19.2 Å². The minimum atomic E-state index is -0.971. The van der Waals surface area contributed by atoms with Crippen LogP contribution in [-0.4, -0.2) is 64.7 Å². The summed E-state index contributed by atoms with van der Waals surface area (Å²) in [4.78, 5) is 57.8. The van der Waals surface area contributed by atoms with Crippen LogP contribution in [0.15, 0.2) is 72.9 Å². The van der Waals surface area contributed by atoms with E-state index in [1.54, 1.807) is 11.1 Å². The fourth-order valence-corrected chi connectivity index (χ4v) is 6.09. The number of aromatic amines is 1. The molecule has 5 rings (SSSR count). The first-order chi connectivity index (χ1) is 21.4. The monoisotopic (exact) mass is 596 g/mol. The number of nitrogens with zero attached hydrogens (tertiary/aromatic N) is 1. The first-order valence-electron chi connectivity index (χ1n) is 15.3. The molecule has 1 saturated heterocycles. The van der Waals surface area contributed by atoms with Crippen molar-refractivity contribution in [2.75, 3.05) is 13.1 Å². The number of likely N-dealkylation sites (tertiary alicyclic amines) is 1. The number of amides is 4. The third kappa shape index (κ3) is 7.08. The maximum Gasteiger partial charge on any atom is 0.243 e. The molecule has 1 aliphatic rings. The molecule has 4 amide bonds. The van der Waals surface area contributed by atoms with Crippen molar-refractivity contribution in [1.29, 1.82) is 0 Å². The van der Waals surface area contributed by atoms with Gasteiger partial charge in [-0.1, -0.05) is 60.7 Å². The summed E-state index contributed by atoms with van der Waals surface area (Å²) in [6.07, 6.45) is 5.00. The number of carbonyl (C=O) groups excluding carboxylic acids is 4. The van der Waals surface area contributed by atoms with Crippen LogP contribution in [0.3, 0.4) is 0 Å². The fourth-order valence-electron chi connectivity index (χ4n) is 6.09. The molecule has 0 aliphatic carbocycles. The van der Waals surface area contributed by atoms with E-state index in [9.17, 15) is 19.2 Å². The lowest BCUT2D eigenvalue weighted by Gasteiger charge is -2.27. The zero-order valence-electron chi connectivity index (χ0n) is 24.8. The number of H-pyrrole nitrogens is 1. The van der Waals surface area contributed by atoms with Crippen molar-refractivity contribution in [1.82, 2.24) is 20.5 Å². The van der Waals surface area contributed by atoms with Crippen molar-refractivity contribution in [2.45, 2.75) is 63.1 Å². The second-order valence-corrected chi connectivity index (χ2v) is 11.4. The Labute approximate surface area is 256 Å². The Morgan fingerprint density at radius 2 is 1.64 bits per heavy atom. The number of nitrogens with two attached hydrogens (primary N) is 2. The second-order valence-electron chi connectivity index (χ2n) is 11.4. The number of rotatable bonds is 13. The highest BCUT2D eigenvalue weighted by Gasteiger charge is 2.36. The summed E-state index contributed by atoms with van der Waals surface area (Å²) >= 11 is 0. The van der Waals surface area contributed by atoms with E-state index in [4.69, 9.17) is 11.5 Å². The number of primary amides is 1. The van der Waals surface area contributed by atoms with Gasteiger partial charge >= 0.3 is 0 Å². The van der Waals surface area contributed by atoms with Crippen LogP contribution in [-0.2, 0) is 32.0 Å². The van der Waals surface area contributed by atoms with Gasteiger partial charge in [-0.05, 0) is 66.6 Å². The molecule has 0 spiro atoms. The molecule has 0 radical (unpaired) electrons. The quantitative estimate of drug-likeness (QED) is 0.150. The van der Waals surface area contributed by atoms with Gasteiger partial charge in [-0.25, -0.2) is 0 Å². The summed E-state index contributed by atoms with van der Waals surface area (Å²) in [5, 5.41) is 8.66. The van der Waals surface area contributed by atoms with Gasteiger partial charge < -0.3 is 32.0 Å². The molecule has 4 aromatic rings. The van der Waals surface area contributed by atoms with E-state index in [1.807, 2.05) is 66.7 Å². The molecule has 230 valence electrons. The molecule has 1 aromatic heterocycles. The molecule has 3 aromatic carbocycles. The van der Waals surface area contributed by atoms with Crippen molar-refractivity contribution >= 4 is 45.3 Å². The van der Waals surface area contributed by atoms with Gasteiger partial charge in [0.2, 0.25) is 23.6 Å². The fraction of sp³-hybridized carbons (Fsp3) is 0.353. The van der Waals surface area contributed by atoms with Crippen LogP contribution in [0.25, 0.3) is 21.7 Å². The molecule has 0 saturated carbocycles. The molecule has 44 heavy (non-hydrogen) atoms. The first kappa shape index (κ1) is 30.7. The first-order valence-corrected chi connectivity index (χ1v) is 15.3. The smallest absolute Gasteiger partial charge is 0.243 e. The Morgan fingerprint density at radius 1 is 0.886 bits per heavy atom. The molecule has 3 unspecified atom stereocenters. The highest BCUT2D eigenvalue weighted by molar-refractivity contribution is 5.96. The molecule has 3 atom stereocenters. The van der Waals surface area contributed by atoms with Crippen LogP contribution in [0.2, 0.25) is 0 Å². The summed E-state index contributed by atoms with van der Waals surface area (Å²) in [5.41, 5.74) is 14.1. The molecular weight excluding hydrogens is 556 g/mol. The zero-order chi connectivity index (χ0) is 31.1. The molecule has 0 bridgehead atoms. The van der Waals surface area contributed by atoms with E-state index >= 15 is 0 Å². The average molecular weight is 597 g/mol. The number of nitrogens with one attached hydrogen (secondary N) is 3. The van der Waals surface area contributed by atoms with Gasteiger partial charge in [-0.3, -0.25) is 19.2 Å². The molecule has 7 N–H and O–H groups in total. The van der Waals surface area contributed by atoms with Crippen molar-refractivity contribution in [3.8, 4) is 0 Å². The van der Waals surface area contributed by atoms with Gasteiger partial charge in [0, 0.05) is 30.1 Å².